The number of benzene rings is 2. The van der Waals surface area contributed by atoms with Crippen LogP contribution in [0.4, 0.5) is 4.39 Å². The molecule has 1 aromatic heterocycles. The number of hydrogen-bond acceptors (Lipinski definition) is 4. The standard InChI is InChI=1S/C25H23FN2O4/c1-16-11-12-28-14-20(25(31)27-13-17-7-9-19(26)10-8-17)23(30)24(21(28)22(16)29)32-15-18-5-3-2-4-6-18/h2-10,14,16H,11-13,15H2,1H3,(H,27,31). The van der Waals surface area contributed by atoms with Gasteiger partial charge in [0, 0.05) is 25.2 Å². The van der Waals surface area contributed by atoms with Crippen LogP contribution in [0.15, 0.2) is 65.6 Å². The maximum absolute atomic E-state index is 13.2. The summed E-state index contributed by atoms with van der Waals surface area (Å²) in [4.78, 5) is 38.9. The number of nitrogens with one attached hydrogen (secondary N) is 1. The Labute approximate surface area is 184 Å². The fourth-order valence-electron chi connectivity index (χ4n) is 3.67. The fraction of sp³-hybridized carbons (Fsp3) is 0.240. The van der Waals surface area contributed by atoms with Crippen LogP contribution in [0.5, 0.6) is 5.75 Å². The topological polar surface area (TPSA) is 77.4 Å². The summed E-state index contributed by atoms with van der Waals surface area (Å²) in [6, 6.07) is 15.0. The van der Waals surface area contributed by atoms with Gasteiger partial charge in [-0.25, -0.2) is 4.39 Å². The molecule has 6 nitrogen and oxygen atoms in total. The Balaban J connectivity index is 1.65. The number of carbonyl (C=O) groups excluding carboxylic acids is 2. The molecule has 0 radical (unpaired) electrons. The summed E-state index contributed by atoms with van der Waals surface area (Å²) in [5.74, 6) is -1.45. The van der Waals surface area contributed by atoms with E-state index in [2.05, 4.69) is 5.32 Å². The Hall–Kier alpha value is -3.74. The second kappa shape index (κ2) is 9.18. The summed E-state index contributed by atoms with van der Waals surface area (Å²) in [6.07, 6.45) is 2.04. The van der Waals surface area contributed by atoms with Crippen LogP contribution in [0.1, 0.15) is 45.3 Å². The van der Waals surface area contributed by atoms with E-state index in [1.165, 1.54) is 18.3 Å². The van der Waals surface area contributed by atoms with Crippen molar-refractivity contribution in [3.8, 4) is 5.75 Å². The molecule has 0 saturated heterocycles. The van der Waals surface area contributed by atoms with Crippen LogP contribution in [0, 0.1) is 11.7 Å². The Morgan fingerprint density at radius 2 is 1.81 bits per heavy atom. The smallest absolute Gasteiger partial charge is 0.257 e. The molecule has 2 heterocycles. The summed E-state index contributed by atoms with van der Waals surface area (Å²) in [5, 5.41) is 2.69. The van der Waals surface area contributed by atoms with Gasteiger partial charge in [0.25, 0.3) is 5.91 Å². The lowest BCUT2D eigenvalue weighted by Crippen LogP contribution is -2.35. The molecule has 1 N–H and O–H groups in total. The second-order valence-corrected chi connectivity index (χ2v) is 7.88. The van der Waals surface area contributed by atoms with Gasteiger partial charge in [0.1, 0.15) is 23.7 Å². The minimum absolute atomic E-state index is 0.0960. The Morgan fingerprint density at radius 1 is 1.09 bits per heavy atom. The van der Waals surface area contributed by atoms with Gasteiger partial charge in [-0.3, -0.25) is 14.4 Å². The zero-order chi connectivity index (χ0) is 22.7. The second-order valence-electron chi connectivity index (χ2n) is 7.88. The van der Waals surface area contributed by atoms with Crippen molar-refractivity contribution in [2.75, 3.05) is 0 Å². The summed E-state index contributed by atoms with van der Waals surface area (Å²) < 4.78 is 20.6. The van der Waals surface area contributed by atoms with E-state index >= 15 is 0 Å². The van der Waals surface area contributed by atoms with Crippen LogP contribution < -0.4 is 15.5 Å². The first-order chi connectivity index (χ1) is 15.4. The third kappa shape index (κ3) is 4.46. The minimum Gasteiger partial charge on any atom is -0.483 e. The van der Waals surface area contributed by atoms with Gasteiger partial charge in [-0.1, -0.05) is 49.4 Å². The van der Waals surface area contributed by atoms with Crippen LogP contribution in [0.2, 0.25) is 0 Å². The Morgan fingerprint density at radius 3 is 2.53 bits per heavy atom. The molecule has 4 rings (SSSR count). The van der Waals surface area contributed by atoms with Gasteiger partial charge in [-0.2, -0.15) is 0 Å². The highest BCUT2D eigenvalue weighted by Crippen LogP contribution is 2.27. The first-order valence-corrected chi connectivity index (χ1v) is 10.4. The number of aryl methyl sites for hydroxylation is 1. The third-order valence-electron chi connectivity index (χ3n) is 5.56. The van der Waals surface area contributed by atoms with Crippen LogP contribution in [0.3, 0.4) is 0 Å². The molecule has 1 atom stereocenters. The van der Waals surface area contributed by atoms with Gasteiger partial charge in [-0.05, 0) is 29.7 Å². The SMILES string of the molecule is CC1CCn2cc(C(=O)NCc3ccc(F)cc3)c(=O)c(OCc3ccccc3)c2C1=O. The maximum Gasteiger partial charge on any atom is 0.257 e. The summed E-state index contributed by atoms with van der Waals surface area (Å²) >= 11 is 0. The molecular weight excluding hydrogens is 411 g/mol. The molecule has 0 aliphatic carbocycles. The zero-order valence-corrected chi connectivity index (χ0v) is 17.6. The highest BCUT2D eigenvalue weighted by atomic mass is 19.1. The normalized spacial score (nSPS) is 15.2. The predicted molar refractivity (Wildman–Crippen MR) is 117 cm³/mol. The molecular formula is C25H23FN2O4. The van der Waals surface area contributed by atoms with E-state index in [1.807, 2.05) is 37.3 Å². The Bertz CT molecular complexity index is 1200. The van der Waals surface area contributed by atoms with E-state index in [4.69, 9.17) is 4.74 Å². The number of halogens is 1. The van der Waals surface area contributed by atoms with E-state index in [1.54, 1.807) is 16.7 Å². The molecule has 0 saturated carbocycles. The van der Waals surface area contributed by atoms with Crippen LogP contribution in [-0.2, 0) is 19.7 Å². The number of hydrogen-bond donors (Lipinski definition) is 1. The van der Waals surface area contributed by atoms with Crippen molar-refractivity contribution in [2.24, 2.45) is 5.92 Å². The predicted octanol–water partition coefficient (Wildman–Crippen LogP) is 3.72. The number of fused-ring (bicyclic) bond motifs is 1. The van der Waals surface area contributed by atoms with Crippen molar-refractivity contribution < 1.29 is 18.7 Å². The molecule has 1 aliphatic rings. The lowest BCUT2D eigenvalue weighted by molar-refractivity contribution is 0.0876. The number of pyridine rings is 1. The van der Waals surface area contributed by atoms with E-state index in [0.29, 0.717) is 18.5 Å². The first-order valence-electron chi connectivity index (χ1n) is 10.4. The molecule has 1 aliphatic heterocycles. The largest absolute Gasteiger partial charge is 0.483 e. The fourth-order valence-corrected chi connectivity index (χ4v) is 3.67. The van der Waals surface area contributed by atoms with E-state index in [0.717, 1.165) is 5.56 Å². The van der Waals surface area contributed by atoms with Gasteiger partial charge in [0.2, 0.25) is 5.43 Å². The lowest BCUT2D eigenvalue weighted by atomic mass is 9.94. The molecule has 3 aromatic rings. The number of rotatable bonds is 6. The summed E-state index contributed by atoms with van der Waals surface area (Å²) in [6.45, 7) is 2.56. The number of amides is 1. The van der Waals surface area contributed by atoms with Crippen molar-refractivity contribution in [1.82, 2.24) is 9.88 Å². The van der Waals surface area contributed by atoms with Gasteiger partial charge < -0.3 is 14.6 Å². The number of ketones is 1. The van der Waals surface area contributed by atoms with Gasteiger partial charge in [0.05, 0.1) is 0 Å². The zero-order valence-electron chi connectivity index (χ0n) is 17.6. The van der Waals surface area contributed by atoms with E-state index in [-0.39, 0.29) is 47.7 Å². The van der Waals surface area contributed by atoms with E-state index < -0.39 is 11.3 Å². The third-order valence-corrected chi connectivity index (χ3v) is 5.56. The van der Waals surface area contributed by atoms with Crippen molar-refractivity contribution in [3.05, 3.63) is 99.2 Å². The highest BCUT2D eigenvalue weighted by Gasteiger charge is 2.31. The van der Waals surface area contributed by atoms with Crippen molar-refractivity contribution in [1.29, 1.82) is 0 Å². The van der Waals surface area contributed by atoms with Gasteiger partial charge in [-0.15, -0.1) is 0 Å². The van der Waals surface area contributed by atoms with Gasteiger partial charge >= 0.3 is 0 Å². The number of ether oxygens (including phenoxy) is 1. The molecule has 0 spiro atoms. The van der Waals surface area contributed by atoms with Crippen LogP contribution in [-0.4, -0.2) is 16.3 Å². The van der Waals surface area contributed by atoms with Crippen molar-refractivity contribution in [2.45, 2.75) is 33.0 Å². The number of carbonyl (C=O) groups is 2. The Kier molecular flexibility index (Phi) is 6.16. The lowest BCUT2D eigenvalue weighted by Gasteiger charge is -2.25. The first kappa shape index (κ1) is 21.5. The van der Waals surface area contributed by atoms with Crippen molar-refractivity contribution in [3.63, 3.8) is 0 Å². The van der Waals surface area contributed by atoms with Gasteiger partial charge in [0.15, 0.2) is 11.5 Å². The maximum atomic E-state index is 13.2. The van der Waals surface area contributed by atoms with Crippen LogP contribution >= 0.6 is 0 Å². The molecule has 7 heteroatoms. The van der Waals surface area contributed by atoms with Crippen molar-refractivity contribution >= 4 is 11.7 Å². The number of Topliss-reactive ketones (excluding diaryl/α,β-unsaturated/α-hetero) is 1. The highest BCUT2D eigenvalue weighted by molar-refractivity contribution is 6.01. The molecule has 0 fully saturated rings. The average molecular weight is 434 g/mol. The monoisotopic (exact) mass is 434 g/mol. The average Bonchev–Trinajstić information content (AvgIpc) is 2.81. The molecule has 164 valence electrons. The molecule has 2 aromatic carbocycles. The van der Waals surface area contributed by atoms with E-state index in [9.17, 15) is 18.8 Å². The quantitative estimate of drug-likeness (QED) is 0.642. The molecule has 0 bridgehead atoms. The molecule has 1 amide bonds. The minimum atomic E-state index is -0.619. The molecule has 32 heavy (non-hydrogen) atoms. The number of nitrogens with zero attached hydrogens (tertiary/aromatic N) is 1. The summed E-state index contributed by atoms with van der Waals surface area (Å²) in [7, 11) is 0. The summed E-state index contributed by atoms with van der Waals surface area (Å²) in [5.41, 5.74) is 1.03. The van der Waals surface area contributed by atoms with Crippen LogP contribution in [0.25, 0.3) is 0 Å². The number of aromatic nitrogens is 1. The molecule has 1 unspecified atom stereocenters.